The number of carbonyl (C=O) groups is 2. The van der Waals surface area contributed by atoms with Crippen LogP contribution < -0.4 is 10.1 Å². The van der Waals surface area contributed by atoms with Crippen LogP contribution in [0.1, 0.15) is 17.7 Å². The summed E-state index contributed by atoms with van der Waals surface area (Å²) in [7, 11) is 1.60. The van der Waals surface area contributed by atoms with Crippen LogP contribution in [0.15, 0.2) is 36.4 Å². The molecule has 2 aromatic rings. The standard InChI is InChI=1S/C16H17NO4S/c1-3-17-16(20)22-14(15(18)19)12-5-4-11-9-13(21-2)7-6-10(11)8-12/h4-9,14H,3H2,1-2H3,(H,17,20)(H,18,19). The first-order valence-electron chi connectivity index (χ1n) is 6.80. The predicted octanol–water partition coefficient (Wildman–Crippen LogP) is 3.44. The van der Waals surface area contributed by atoms with E-state index in [1.54, 1.807) is 26.2 Å². The first-order valence-corrected chi connectivity index (χ1v) is 7.68. The van der Waals surface area contributed by atoms with E-state index in [-0.39, 0.29) is 5.24 Å². The van der Waals surface area contributed by atoms with Crippen molar-refractivity contribution < 1.29 is 19.4 Å². The number of benzene rings is 2. The number of hydrogen-bond acceptors (Lipinski definition) is 4. The minimum absolute atomic E-state index is 0.343. The lowest BCUT2D eigenvalue weighted by molar-refractivity contribution is -0.136. The molecule has 0 bridgehead atoms. The molecule has 2 aromatic carbocycles. The highest BCUT2D eigenvalue weighted by atomic mass is 32.2. The number of methoxy groups -OCH3 is 1. The highest BCUT2D eigenvalue weighted by Crippen LogP contribution is 2.32. The second-order valence-electron chi connectivity index (χ2n) is 4.63. The maximum Gasteiger partial charge on any atom is 0.321 e. The molecule has 2 N–H and O–H groups in total. The van der Waals surface area contributed by atoms with Crippen LogP contribution in [0.25, 0.3) is 10.8 Å². The predicted molar refractivity (Wildman–Crippen MR) is 87.5 cm³/mol. The van der Waals surface area contributed by atoms with Crippen molar-refractivity contribution >= 4 is 33.7 Å². The van der Waals surface area contributed by atoms with Crippen LogP contribution >= 0.6 is 11.8 Å². The molecule has 0 fully saturated rings. The number of aliphatic carboxylic acids is 1. The largest absolute Gasteiger partial charge is 0.497 e. The highest BCUT2D eigenvalue weighted by Gasteiger charge is 2.24. The van der Waals surface area contributed by atoms with Gasteiger partial charge in [0.2, 0.25) is 0 Å². The molecule has 0 aliphatic heterocycles. The van der Waals surface area contributed by atoms with Crippen molar-refractivity contribution in [1.82, 2.24) is 5.32 Å². The molecular formula is C16H17NO4S. The number of fused-ring (bicyclic) bond motifs is 1. The monoisotopic (exact) mass is 319 g/mol. The van der Waals surface area contributed by atoms with Gasteiger partial charge in [-0.05, 0) is 53.2 Å². The first-order chi connectivity index (χ1) is 10.5. The molecule has 6 heteroatoms. The van der Waals surface area contributed by atoms with E-state index in [9.17, 15) is 14.7 Å². The fraction of sp³-hybridized carbons (Fsp3) is 0.250. The molecule has 0 aliphatic rings. The Bertz CT molecular complexity index is 702. The van der Waals surface area contributed by atoms with Gasteiger partial charge < -0.3 is 15.2 Å². The van der Waals surface area contributed by atoms with Gasteiger partial charge in [-0.15, -0.1) is 0 Å². The van der Waals surface area contributed by atoms with E-state index in [2.05, 4.69) is 5.32 Å². The molecule has 22 heavy (non-hydrogen) atoms. The van der Waals surface area contributed by atoms with Crippen molar-refractivity contribution in [1.29, 1.82) is 0 Å². The summed E-state index contributed by atoms with van der Waals surface area (Å²) in [5, 5.41) is 12.6. The number of hydrogen-bond donors (Lipinski definition) is 2. The van der Waals surface area contributed by atoms with E-state index in [4.69, 9.17) is 4.74 Å². The van der Waals surface area contributed by atoms with Gasteiger partial charge in [0.15, 0.2) is 0 Å². The Morgan fingerprint density at radius 3 is 2.55 bits per heavy atom. The molecular weight excluding hydrogens is 302 g/mol. The molecule has 1 unspecified atom stereocenters. The fourth-order valence-corrected chi connectivity index (χ4v) is 2.91. The summed E-state index contributed by atoms with van der Waals surface area (Å²) in [6, 6.07) is 10.9. The summed E-state index contributed by atoms with van der Waals surface area (Å²) in [4.78, 5) is 23.1. The Labute approximate surface area is 132 Å². The zero-order chi connectivity index (χ0) is 16.1. The smallest absolute Gasteiger partial charge is 0.321 e. The van der Waals surface area contributed by atoms with Gasteiger partial charge in [-0.1, -0.05) is 18.2 Å². The summed E-state index contributed by atoms with van der Waals surface area (Å²) in [5.74, 6) is -0.296. The van der Waals surface area contributed by atoms with E-state index in [1.807, 2.05) is 24.3 Å². The fourth-order valence-electron chi connectivity index (χ4n) is 2.09. The van der Waals surface area contributed by atoms with Gasteiger partial charge in [0, 0.05) is 6.54 Å². The van der Waals surface area contributed by atoms with Crippen LogP contribution in [0.3, 0.4) is 0 Å². The molecule has 0 heterocycles. The third-order valence-corrected chi connectivity index (χ3v) is 4.21. The Morgan fingerprint density at radius 1 is 1.23 bits per heavy atom. The van der Waals surface area contributed by atoms with Gasteiger partial charge in [-0.2, -0.15) is 0 Å². The van der Waals surface area contributed by atoms with Gasteiger partial charge in [0.1, 0.15) is 11.0 Å². The number of carboxylic acids is 1. The van der Waals surface area contributed by atoms with Crippen molar-refractivity contribution in [3.63, 3.8) is 0 Å². The van der Waals surface area contributed by atoms with Crippen molar-refractivity contribution in [2.75, 3.05) is 13.7 Å². The van der Waals surface area contributed by atoms with Crippen LogP contribution in [0.4, 0.5) is 4.79 Å². The lowest BCUT2D eigenvalue weighted by Crippen LogP contribution is -2.21. The van der Waals surface area contributed by atoms with Crippen LogP contribution in [0, 0.1) is 0 Å². The molecule has 1 atom stereocenters. The van der Waals surface area contributed by atoms with Crippen LogP contribution in [0.2, 0.25) is 0 Å². The number of carbonyl (C=O) groups excluding carboxylic acids is 1. The van der Waals surface area contributed by atoms with E-state index in [0.29, 0.717) is 12.1 Å². The van der Waals surface area contributed by atoms with E-state index in [0.717, 1.165) is 28.3 Å². The second kappa shape index (κ2) is 7.17. The van der Waals surface area contributed by atoms with Crippen molar-refractivity contribution in [3.05, 3.63) is 42.0 Å². The van der Waals surface area contributed by atoms with Crippen LogP contribution in [-0.2, 0) is 4.79 Å². The molecule has 5 nitrogen and oxygen atoms in total. The Hall–Kier alpha value is -2.21. The molecule has 0 aromatic heterocycles. The number of nitrogens with one attached hydrogen (secondary N) is 1. The van der Waals surface area contributed by atoms with Gasteiger partial charge in [0.05, 0.1) is 7.11 Å². The molecule has 116 valence electrons. The molecule has 0 aliphatic carbocycles. The van der Waals surface area contributed by atoms with Crippen LogP contribution in [0.5, 0.6) is 5.75 Å². The van der Waals surface area contributed by atoms with Crippen molar-refractivity contribution in [3.8, 4) is 5.75 Å². The van der Waals surface area contributed by atoms with Crippen molar-refractivity contribution in [2.45, 2.75) is 12.2 Å². The van der Waals surface area contributed by atoms with E-state index < -0.39 is 11.2 Å². The number of amides is 1. The summed E-state index contributed by atoms with van der Waals surface area (Å²) in [5.41, 5.74) is 0.585. The molecule has 1 amide bonds. The lowest BCUT2D eigenvalue weighted by atomic mass is 10.0. The summed E-state index contributed by atoms with van der Waals surface area (Å²) < 4.78 is 5.17. The molecule has 0 spiro atoms. The maximum absolute atomic E-state index is 11.7. The van der Waals surface area contributed by atoms with Gasteiger partial charge in [0.25, 0.3) is 5.24 Å². The number of thioether (sulfide) groups is 1. The quantitative estimate of drug-likeness (QED) is 0.883. The average molecular weight is 319 g/mol. The SMILES string of the molecule is CCNC(=O)SC(C(=O)O)c1ccc2cc(OC)ccc2c1. The highest BCUT2D eigenvalue weighted by molar-refractivity contribution is 8.14. The zero-order valence-corrected chi connectivity index (χ0v) is 13.1. The van der Waals surface area contributed by atoms with Crippen LogP contribution in [-0.4, -0.2) is 30.0 Å². The third-order valence-electron chi connectivity index (χ3n) is 3.14. The molecule has 0 saturated heterocycles. The number of ether oxygens (including phenoxy) is 1. The second-order valence-corrected chi connectivity index (χ2v) is 5.70. The summed E-state index contributed by atoms with van der Waals surface area (Å²) >= 11 is 0.772. The Morgan fingerprint density at radius 2 is 1.91 bits per heavy atom. The third kappa shape index (κ3) is 3.71. The van der Waals surface area contributed by atoms with Gasteiger partial charge in [-0.3, -0.25) is 9.59 Å². The van der Waals surface area contributed by atoms with Gasteiger partial charge in [-0.25, -0.2) is 0 Å². The maximum atomic E-state index is 11.7. The van der Waals surface area contributed by atoms with E-state index >= 15 is 0 Å². The molecule has 0 radical (unpaired) electrons. The molecule has 2 rings (SSSR count). The lowest BCUT2D eigenvalue weighted by Gasteiger charge is -2.13. The minimum Gasteiger partial charge on any atom is -0.497 e. The van der Waals surface area contributed by atoms with E-state index in [1.165, 1.54) is 0 Å². The van der Waals surface area contributed by atoms with Gasteiger partial charge >= 0.3 is 5.97 Å². The zero-order valence-electron chi connectivity index (χ0n) is 12.3. The van der Waals surface area contributed by atoms with Crippen molar-refractivity contribution in [2.24, 2.45) is 0 Å². The topological polar surface area (TPSA) is 75.6 Å². The normalized spacial score (nSPS) is 11.9. The number of rotatable bonds is 5. The Kier molecular flexibility index (Phi) is 5.27. The first kappa shape index (κ1) is 16.2. The Balaban J connectivity index is 2.33. The summed E-state index contributed by atoms with van der Waals surface area (Å²) in [6.07, 6.45) is 0. The number of carboxylic acid groups (broad SMARTS) is 1. The average Bonchev–Trinajstić information content (AvgIpc) is 2.51. The molecule has 0 saturated carbocycles. The summed E-state index contributed by atoms with van der Waals surface area (Å²) in [6.45, 7) is 2.26. The minimum atomic E-state index is -1.04.